The maximum atomic E-state index is 12.7. The van der Waals surface area contributed by atoms with Crippen LogP contribution < -0.4 is 10.1 Å². The minimum atomic E-state index is -0.560. The fourth-order valence-electron chi connectivity index (χ4n) is 4.48. The Hall–Kier alpha value is -2.64. The van der Waals surface area contributed by atoms with Gasteiger partial charge in [-0.15, -0.1) is 0 Å². The number of anilines is 1. The third kappa shape index (κ3) is 2.05. The Morgan fingerprint density at radius 2 is 2.21 bits per heavy atom. The maximum Gasteiger partial charge on any atom is 0.310 e. The van der Waals surface area contributed by atoms with Gasteiger partial charge < -0.3 is 14.8 Å². The number of ether oxygens (including phenoxy) is 2. The third-order valence-corrected chi connectivity index (χ3v) is 5.44. The van der Waals surface area contributed by atoms with Crippen molar-refractivity contribution in [2.24, 2.45) is 23.7 Å². The number of carbonyl (C=O) groups is 2. The van der Waals surface area contributed by atoms with Crippen LogP contribution >= 0.6 is 0 Å². The van der Waals surface area contributed by atoms with E-state index in [9.17, 15) is 19.7 Å². The number of methoxy groups -OCH3 is 1. The number of nitro benzene ring substituents is 1. The molecule has 1 N–H and O–H groups in total. The Morgan fingerprint density at radius 3 is 2.92 bits per heavy atom. The normalized spacial score (nSPS) is 32.5. The predicted molar refractivity (Wildman–Crippen MR) is 81.4 cm³/mol. The summed E-state index contributed by atoms with van der Waals surface area (Å²) in [5.41, 5.74) is -0.130. The van der Waals surface area contributed by atoms with E-state index in [0.717, 1.165) is 6.42 Å². The highest BCUT2D eigenvalue weighted by Gasteiger charge is 2.63. The molecule has 8 nitrogen and oxygen atoms in total. The van der Waals surface area contributed by atoms with Crippen molar-refractivity contribution >= 4 is 23.3 Å². The first kappa shape index (κ1) is 14.9. The first-order valence-corrected chi connectivity index (χ1v) is 7.83. The summed E-state index contributed by atoms with van der Waals surface area (Å²) in [6.45, 7) is 0. The van der Waals surface area contributed by atoms with Crippen LogP contribution in [0.3, 0.4) is 0 Å². The second kappa shape index (κ2) is 5.19. The molecule has 1 heterocycles. The van der Waals surface area contributed by atoms with E-state index in [4.69, 9.17) is 9.47 Å². The van der Waals surface area contributed by atoms with Crippen LogP contribution in [0, 0.1) is 33.8 Å². The summed E-state index contributed by atoms with van der Waals surface area (Å²) in [4.78, 5) is 35.3. The molecule has 2 saturated carbocycles. The number of nitro groups is 1. The summed E-state index contributed by atoms with van der Waals surface area (Å²) in [6, 6.07) is 4.17. The number of amides is 1. The van der Waals surface area contributed by atoms with Crippen molar-refractivity contribution < 1.29 is 24.0 Å². The Labute approximate surface area is 137 Å². The van der Waals surface area contributed by atoms with Crippen molar-refractivity contribution in [1.29, 1.82) is 0 Å². The van der Waals surface area contributed by atoms with Gasteiger partial charge in [0.25, 0.3) is 5.69 Å². The zero-order valence-corrected chi connectivity index (χ0v) is 12.9. The molecule has 126 valence electrons. The largest absolute Gasteiger partial charge is 0.497 e. The third-order valence-electron chi connectivity index (χ3n) is 5.44. The average Bonchev–Trinajstić information content (AvgIpc) is 3.16. The summed E-state index contributed by atoms with van der Waals surface area (Å²) in [7, 11) is 1.44. The van der Waals surface area contributed by atoms with Crippen molar-refractivity contribution in [3.63, 3.8) is 0 Å². The summed E-state index contributed by atoms with van der Waals surface area (Å²) >= 11 is 0. The van der Waals surface area contributed by atoms with Gasteiger partial charge in [0.2, 0.25) is 5.91 Å². The Balaban J connectivity index is 1.61. The molecule has 8 heteroatoms. The molecule has 3 fully saturated rings. The maximum absolute atomic E-state index is 12.7. The molecule has 1 aromatic rings. The second-order valence-electron chi connectivity index (χ2n) is 6.55. The van der Waals surface area contributed by atoms with Gasteiger partial charge in [0.15, 0.2) is 0 Å². The van der Waals surface area contributed by atoms with E-state index < -0.39 is 16.8 Å². The molecule has 3 aliphatic rings. The standard InChI is InChI=1S/C16H16N2O6/c1-23-8-2-3-11(18(21)22)10(6-8)17-15(19)13-7-4-9-12(5-7)24-16(20)14(9)13/h2-3,6-7,9,12-14H,4-5H2,1H3,(H,17,19)/t7-,9+,12+,13-,14-/m1/s1. The van der Waals surface area contributed by atoms with Crippen LogP contribution in [-0.4, -0.2) is 30.0 Å². The van der Waals surface area contributed by atoms with E-state index in [-0.39, 0.29) is 41.2 Å². The summed E-state index contributed by atoms with van der Waals surface area (Å²) in [5, 5.41) is 13.8. The van der Waals surface area contributed by atoms with Crippen LogP contribution in [0.5, 0.6) is 5.75 Å². The van der Waals surface area contributed by atoms with Crippen LogP contribution in [0.1, 0.15) is 12.8 Å². The summed E-state index contributed by atoms with van der Waals surface area (Å²) in [5.74, 6) is -0.958. The number of nitrogens with zero attached hydrogens (tertiary/aromatic N) is 1. The number of fused-ring (bicyclic) bond motifs is 1. The molecule has 0 radical (unpaired) electrons. The lowest BCUT2D eigenvalue weighted by atomic mass is 9.79. The predicted octanol–water partition coefficient (Wildman–Crippen LogP) is 1.74. The number of hydrogen-bond acceptors (Lipinski definition) is 6. The number of benzene rings is 1. The van der Waals surface area contributed by atoms with E-state index in [1.54, 1.807) is 0 Å². The lowest BCUT2D eigenvalue weighted by Gasteiger charge is -2.23. The van der Waals surface area contributed by atoms with Crippen molar-refractivity contribution in [2.75, 3.05) is 12.4 Å². The Kier molecular flexibility index (Phi) is 3.22. The van der Waals surface area contributed by atoms with E-state index in [1.807, 2.05) is 0 Å². The molecule has 1 saturated heterocycles. The zero-order valence-electron chi connectivity index (χ0n) is 12.9. The van der Waals surface area contributed by atoms with Gasteiger partial charge in [0.1, 0.15) is 17.5 Å². The van der Waals surface area contributed by atoms with Crippen molar-refractivity contribution in [1.82, 2.24) is 0 Å². The molecule has 0 aromatic heterocycles. The Bertz CT molecular complexity index is 746. The second-order valence-corrected chi connectivity index (χ2v) is 6.55. The molecule has 1 aromatic carbocycles. The number of carbonyl (C=O) groups excluding carboxylic acids is 2. The zero-order chi connectivity index (χ0) is 17.0. The molecule has 2 aliphatic carbocycles. The fraction of sp³-hybridized carbons (Fsp3) is 0.500. The summed E-state index contributed by atoms with van der Waals surface area (Å²) in [6.07, 6.45) is 1.45. The van der Waals surface area contributed by atoms with Gasteiger partial charge in [0, 0.05) is 18.1 Å². The molecule has 1 aliphatic heterocycles. The van der Waals surface area contributed by atoms with Gasteiger partial charge in [-0.25, -0.2) is 0 Å². The molecule has 5 atom stereocenters. The molecule has 0 unspecified atom stereocenters. The van der Waals surface area contributed by atoms with Gasteiger partial charge >= 0.3 is 5.97 Å². The van der Waals surface area contributed by atoms with Gasteiger partial charge in [-0.1, -0.05) is 0 Å². The highest BCUT2D eigenvalue weighted by atomic mass is 16.6. The average molecular weight is 332 g/mol. The minimum absolute atomic E-state index is 0.0531. The number of esters is 1. The summed E-state index contributed by atoms with van der Waals surface area (Å²) < 4.78 is 10.4. The van der Waals surface area contributed by atoms with Crippen LogP contribution in [0.15, 0.2) is 18.2 Å². The smallest absolute Gasteiger partial charge is 0.310 e. The highest BCUT2D eigenvalue weighted by Crippen LogP contribution is 2.57. The Morgan fingerprint density at radius 1 is 1.42 bits per heavy atom. The van der Waals surface area contributed by atoms with Crippen LogP contribution in [0.25, 0.3) is 0 Å². The monoisotopic (exact) mass is 332 g/mol. The molecule has 4 rings (SSSR count). The van der Waals surface area contributed by atoms with Gasteiger partial charge in [-0.2, -0.15) is 0 Å². The van der Waals surface area contributed by atoms with Crippen LogP contribution in [0.4, 0.5) is 11.4 Å². The van der Waals surface area contributed by atoms with E-state index >= 15 is 0 Å². The topological polar surface area (TPSA) is 108 Å². The lowest BCUT2D eigenvalue weighted by molar-refractivity contribution is -0.384. The SMILES string of the molecule is COc1ccc([N+](=O)[O-])c(NC(=O)[C@@H]2[C@@H]3C[C@@H]4[C@H]2C(=O)O[C@H]4C3)c1. The molecular formula is C16H16N2O6. The van der Waals surface area contributed by atoms with E-state index in [2.05, 4.69) is 5.32 Å². The lowest BCUT2D eigenvalue weighted by Crippen LogP contribution is -2.36. The van der Waals surface area contributed by atoms with E-state index in [0.29, 0.717) is 12.2 Å². The number of nitrogens with one attached hydrogen (secondary N) is 1. The molecular weight excluding hydrogens is 316 g/mol. The molecule has 2 bridgehead atoms. The number of rotatable bonds is 4. The molecule has 24 heavy (non-hydrogen) atoms. The van der Waals surface area contributed by atoms with Crippen molar-refractivity contribution in [3.05, 3.63) is 28.3 Å². The van der Waals surface area contributed by atoms with Gasteiger partial charge in [-0.3, -0.25) is 19.7 Å². The quantitative estimate of drug-likeness (QED) is 0.511. The number of hydrogen-bond donors (Lipinski definition) is 1. The van der Waals surface area contributed by atoms with Gasteiger partial charge in [0.05, 0.1) is 23.9 Å². The van der Waals surface area contributed by atoms with E-state index in [1.165, 1.54) is 25.3 Å². The van der Waals surface area contributed by atoms with Crippen molar-refractivity contribution in [3.8, 4) is 5.75 Å². The van der Waals surface area contributed by atoms with Crippen LogP contribution in [0.2, 0.25) is 0 Å². The van der Waals surface area contributed by atoms with Crippen LogP contribution in [-0.2, 0) is 14.3 Å². The molecule has 1 amide bonds. The first-order valence-electron chi connectivity index (χ1n) is 7.83. The van der Waals surface area contributed by atoms with Gasteiger partial charge in [-0.05, 0) is 24.8 Å². The fourth-order valence-corrected chi connectivity index (χ4v) is 4.48. The molecule has 0 spiro atoms. The minimum Gasteiger partial charge on any atom is -0.497 e. The first-order chi connectivity index (χ1) is 11.5. The highest BCUT2D eigenvalue weighted by molar-refractivity contribution is 5.98. The van der Waals surface area contributed by atoms with Crippen molar-refractivity contribution in [2.45, 2.75) is 18.9 Å².